The van der Waals surface area contributed by atoms with E-state index < -0.39 is 24.3 Å². The van der Waals surface area contributed by atoms with E-state index in [-0.39, 0.29) is 12.7 Å². The van der Waals surface area contributed by atoms with Gasteiger partial charge in [-0.1, -0.05) is 0 Å². The Balaban J connectivity index is 2.11. The Labute approximate surface area is 76.2 Å². The van der Waals surface area contributed by atoms with Crippen molar-refractivity contribution in [1.29, 1.82) is 0 Å². The third-order valence-electron chi connectivity index (χ3n) is 2.28. The van der Waals surface area contributed by atoms with E-state index in [0.29, 0.717) is 0 Å². The summed E-state index contributed by atoms with van der Waals surface area (Å²) in [6.07, 6.45) is -2.97. The second-order valence-electron chi connectivity index (χ2n) is 3.85. The summed E-state index contributed by atoms with van der Waals surface area (Å²) in [5.74, 6) is -0.705. The monoisotopic (exact) mass is 190 g/mol. The summed E-state index contributed by atoms with van der Waals surface area (Å²) in [4.78, 5) is 0. The van der Waals surface area contributed by atoms with Crippen LogP contribution >= 0.6 is 0 Å². The van der Waals surface area contributed by atoms with Crippen LogP contribution in [0.4, 0.5) is 0 Å². The first kappa shape index (κ1) is 9.36. The van der Waals surface area contributed by atoms with Gasteiger partial charge in [-0.3, -0.25) is 0 Å². The predicted molar refractivity (Wildman–Crippen MR) is 41.8 cm³/mol. The van der Waals surface area contributed by atoms with Crippen molar-refractivity contribution in [1.82, 2.24) is 0 Å². The van der Waals surface area contributed by atoms with Crippen molar-refractivity contribution in [2.24, 2.45) is 0 Å². The van der Waals surface area contributed by atoms with Crippen molar-refractivity contribution in [3.63, 3.8) is 0 Å². The van der Waals surface area contributed by atoms with Crippen LogP contribution in [0.15, 0.2) is 0 Å². The molecule has 4 atom stereocenters. The van der Waals surface area contributed by atoms with Crippen LogP contribution in [0.25, 0.3) is 0 Å². The van der Waals surface area contributed by atoms with Gasteiger partial charge in [0, 0.05) is 0 Å². The van der Waals surface area contributed by atoms with Crippen molar-refractivity contribution in [3.05, 3.63) is 0 Å². The lowest BCUT2D eigenvalue weighted by Crippen LogP contribution is -2.51. The second-order valence-corrected chi connectivity index (χ2v) is 3.85. The first-order chi connectivity index (χ1) is 5.99. The number of rotatable bonds is 0. The largest absolute Gasteiger partial charge is 0.385 e. The molecular formula is C8H14O5. The lowest BCUT2D eigenvalue weighted by Gasteiger charge is -2.31. The van der Waals surface area contributed by atoms with Gasteiger partial charge in [-0.15, -0.1) is 0 Å². The fraction of sp³-hybridized carbons (Fsp3) is 1.00. The molecule has 2 saturated heterocycles. The Morgan fingerprint density at radius 2 is 1.92 bits per heavy atom. The lowest BCUT2D eigenvalue weighted by molar-refractivity contribution is -0.230. The third kappa shape index (κ3) is 1.58. The summed E-state index contributed by atoms with van der Waals surface area (Å²) in [5, 5.41) is 18.7. The SMILES string of the molecule is CC1(C)OC2COC(O)C(O)C2O1. The highest BCUT2D eigenvalue weighted by Gasteiger charge is 2.50. The van der Waals surface area contributed by atoms with Gasteiger partial charge in [0.15, 0.2) is 12.1 Å². The summed E-state index contributed by atoms with van der Waals surface area (Å²) >= 11 is 0. The third-order valence-corrected chi connectivity index (χ3v) is 2.28. The smallest absolute Gasteiger partial charge is 0.183 e. The number of fused-ring (bicyclic) bond motifs is 1. The Morgan fingerprint density at radius 3 is 2.62 bits per heavy atom. The van der Waals surface area contributed by atoms with Gasteiger partial charge in [0.1, 0.15) is 18.3 Å². The molecule has 0 aromatic rings. The minimum Gasteiger partial charge on any atom is -0.385 e. The minimum absolute atomic E-state index is 0.256. The second kappa shape index (κ2) is 2.90. The van der Waals surface area contributed by atoms with Crippen molar-refractivity contribution in [2.75, 3.05) is 6.61 Å². The first-order valence-electron chi connectivity index (χ1n) is 4.33. The van der Waals surface area contributed by atoms with Crippen LogP contribution in [0.2, 0.25) is 0 Å². The predicted octanol–water partition coefficient (Wildman–Crippen LogP) is -0.784. The summed E-state index contributed by atoms with van der Waals surface area (Å²) in [7, 11) is 0. The highest BCUT2D eigenvalue weighted by atomic mass is 16.8. The molecule has 2 rings (SSSR count). The van der Waals surface area contributed by atoms with Crippen LogP contribution in [0, 0.1) is 0 Å². The Bertz CT molecular complexity index is 205. The van der Waals surface area contributed by atoms with Crippen molar-refractivity contribution < 1.29 is 24.4 Å². The molecule has 2 aliphatic heterocycles. The molecule has 5 heteroatoms. The maximum atomic E-state index is 9.50. The zero-order valence-corrected chi connectivity index (χ0v) is 7.64. The quantitative estimate of drug-likeness (QED) is 0.524. The molecule has 0 aromatic carbocycles. The Morgan fingerprint density at radius 1 is 1.23 bits per heavy atom. The number of hydrogen-bond donors (Lipinski definition) is 2. The van der Waals surface area contributed by atoms with E-state index in [1.807, 2.05) is 0 Å². The van der Waals surface area contributed by atoms with Gasteiger partial charge in [0.2, 0.25) is 0 Å². The van der Waals surface area contributed by atoms with Crippen molar-refractivity contribution in [2.45, 2.75) is 44.2 Å². The molecule has 0 saturated carbocycles. The Hall–Kier alpha value is -0.200. The molecule has 0 radical (unpaired) electrons. The fourth-order valence-electron chi connectivity index (χ4n) is 1.74. The number of aliphatic hydroxyl groups excluding tert-OH is 2. The van der Waals surface area contributed by atoms with E-state index in [9.17, 15) is 10.2 Å². The van der Waals surface area contributed by atoms with Crippen molar-refractivity contribution in [3.8, 4) is 0 Å². The summed E-state index contributed by atoms with van der Waals surface area (Å²) in [6, 6.07) is 0. The normalized spacial score (nSPS) is 48.9. The van der Waals surface area contributed by atoms with E-state index in [2.05, 4.69) is 0 Å². The zero-order chi connectivity index (χ0) is 9.64. The number of hydrogen-bond acceptors (Lipinski definition) is 5. The molecule has 0 spiro atoms. The number of aliphatic hydroxyl groups is 2. The molecule has 5 nitrogen and oxygen atoms in total. The molecule has 2 fully saturated rings. The standard InChI is InChI=1S/C8H14O5/c1-8(2)12-4-3-11-7(10)5(9)6(4)13-8/h4-7,9-10H,3H2,1-2H3. The van der Waals surface area contributed by atoms with Gasteiger partial charge in [-0.2, -0.15) is 0 Å². The minimum atomic E-state index is -1.17. The van der Waals surface area contributed by atoms with Gasteiger partial charge in [0.05, 0.1) is 6.61 Å². The average Bonchev–Trinajstić information content (AvgIpc) is 2.34. The molecule has 2 heterocycles. The van der Waals surface area contributed by atoms with Crippen LogP contribution in [-0.2, 0) is 14.2 Å². The molecule has 4 unspecified atom stereocenters. The van der Waals surface area contributed by atoms with E-state index >= 15 is 0 Å². The van der Waals surface area contributed by atoms with E-state index in [0.717, 1.165) is 0 Å². The summed E-state index contributed by atoms with van der Waals surface area (Å²) in [6.45, 7) is 3.79. The molecule has 0 amide bonds. The van der Waals surface area contributed by atoms with Crippen LogP contribution in [0.1, 0.15) is 13.8 Å². The van der Waals surface area contributed by atoms with E-state index in [1.165, 1.54) is 0 Å². The topological polar surface area (TPSA) is 68.2 Å². The van der Waals surface area contributed by atoms with E-state index in [4.69, 9.17) is 14.2 Å². The van der Waals surface area contributed by atoms with Crippen LogP contribution in [0.5, 0.6) is 0 Å². The molecule has 76 valence electrons. The van der Waals surface area contributed by atoms with Crippen LogP contribution in [0.3, 0.4) is 0 Å². The Kier molecular flexibility index (Phi) is 2.08. The van der Waals surface area contributed by atoms with Gasteiger partial charge in [-0.25, -0.2) is 0 Å². The molecule has 0 bridgehead atoms. The molecule has 0 aromatic heterocycles. The van der Waals surface area contributed by atoms with Gasteiger partial charge < -0.3 is 24.4 Å². The fourth-order valence-corrected chi connectivity index (χ4v) is 1.74. The maximum absolute atomic E-state index is 9.50. The van der Waals surface area contributed by atoms with Gasteiger partial charge in [0.25, 0.3) is 0 Å². The molecule has 0 aliphatic carbocycles. The number of ether oxygens (including phenoxy) is 3. The van der Waals surface area contributed by atoms with Crippen molar-refractivity contribution >= 4 is 0 Å². The molecular weight excluding hydrogens is 176 g/mol. The molecule has 2 N–H and O–H groups in total. The van der Waals surface area contributed by atoms with Gasteiger partial charge >= 0.3 is 0 Å². The summed E-state index contributed by atoms with van der Waals surface area (Å²) < 4.78 is 15.8. The highest BCUT2D eigenvalue weighted by molar-refractivity contribution is 4.90. The van der Waals surface area contributed by atoms with Gasteiger partial charge in [-0.05, 0) is 13.8 Å². The molecule has 2 aliphatic rings. The maximum Gasteiger partial charge on any atom is 0.183 e. The lowest BCUT2D eigenvalue weighted by atomic mass is 10.1. The zero-order valence-electron chi connectivity index (χ0n) is 7.64. The first-order valence-corrected chi connectivity index (χ1v) is 4.33. The van der Waals surface area contributed by atoms with Crippen LogP contribution in [-0.4, -0.2) is 47.2 Å². The van der Waals surface area contributed by atoms with E-state index in [1.54, 1.807) is 13.8 Å². The molecule has 13 heavy (non-hydrogen) atoms. The average molecular weight is 190 g/mol. The van der Waals surface area contributed by atoms with Crippen LogP contribution < -0.4 is 0 Å². The summed E-state index contributed by atoms with van der Waals surface area (Å²) in [5.41, 5.74) is 0. The highest BCUT2D eigenvalue weighted by Crippen LogP contribution is 2.33.